The zero-order chi connectivity index (χ0) is 15.3. The van der Waals surface area contributed by atoms with Gasteiger partial charge in [0.15, 0.2) is 0 Å². The zero-order valence-electron chi connectivity index (χ0n) is 11.4. The summed E-state index contributed by atoms with van der Waals surface area (Å²) < 4.78 is 40.2. The van der Waals surface area contributed by atoms with Crippen molar-refractivity contribution in [2.24, 2.45) is 0 Å². The molecule has 2 nitrogen and oxygen atoms in total. The van der Waals surface area contributed by atoms with Crippen LogP contribution in [0.4, 0.5) is 13.2 Å². The Morgan fingerprint density at radius 1 is 1.20 bits per heavy atom. The van der Waals surface area contributed by atoms with Crippen LogP contribution in [0.1, 0.15) is 37.0 Å². The Bertz CT molecular complexity index is 454. The second kappa shape index (κ2) is 7.53. The van der Waals surface area contributed by atoms with Crippen LogP contribution >= 0.6 is 11.6 Å². The number of carbonyl (C=O) groups is 1. The number of carbonyl (C=O) groups excluding carboxylic acids is 1. The summed E-state index contributed by atoms with van der Waals surface area (Å²) in [5, 5.41) is 0. The number of hydrogen-bond acceptors (Lipinski definition) is 1. The molecule has 0 aromatic heterocycles. The third-order valence-electron chi connectivity index (χ3n) is 3.19. The molecule has 0 saturated heterocycles. The first-order valence-electron chi connectivity index (χ1n) is 6.47. The summed E-state index contributed by atoms with van der Waals surface area (Å²) in [6, 6.07) is 0.842. The molecule has 0 saturated carbocycles. The highest BCUT2D eigenvalue weighted by Gasteiger charge is 2.27. The topological polar surface area (TPSA) is 20.3 Å². The van der Waals surface area contributed by atoms with Gasteiger partial charge >= 0.3 is 0 Å². The highest BCUT2D eigenvalue weighted by atomic mass is 35.5. The second-order valence-corrected chi connectivity index (χ2v) is 4.78. The molecule has 0 aliphatic rings. The van der Waals surface area contributed by atoms with Crippen molar-refractivity contribution >= 4 is 17.5 Å². The first-order valence-corrected chi connectivity index (χ1v) is 7.01. The van der Waals surface area contributed by atoms with E-state index in [1.807, 2.05) is 13.8 Å². The molecule has 0 aliphatic heterocycles. The minimum absolute atomic E-state index is 0.159. The van der Waals surface area contributed by atoms with E-state index in [4.69, 9.17) is 11.6 Å². The van der Waals surface area contributed by atoms with Gasteiger partial charge in [0.2, 0.25) is 0 Å². The number of halogens is 4. The van der Waals surface area contributed by atoms with Gasteiger partial charge in [0.1, 0.15) is 23.0 Å². The maximum absolute atomic E-state index is 13.7. The number of nitrogens with zero attached hydrogens (tertiary/aromatic N) is 1. The SMILES string of the molecule is CCC(CC)N(CCCl)C(=O)c1c(F)cc(F)cc1F. The molecule has 0 atom stereocenters. The fourth-order valence-electron chi connectivity index (χ4n) is 2.16. The van der Waals surface area contributed by atoms with E-state index in [9.17, 15) is 18.0 Å². The zero-order valence-corrected chi connectivity index (χ0v) is 12.2. The molecule has 1 rings (SSSR count). The third kappa shape index (κ3) is 3.66. The molecular formula is C14H17ClF3NO. The summed E-state index contributed by atoms with van der Waals surface area (Å²) >= 11 is 5.65. The van der Waals surface area contributed by atoms with Crippen LogP contribution < -0.4 is 0 Å². The average molecular weight is 308 g/mol. The van der Waals surface area contributed by atoms with Crippen molar-refractivity contribution in [1.82, 2.24) is 4.90 Å². The van der Waals surface area contributed by atoms with Crippen molar-refractivity contribution in [3.8, 4) is 0 Å². The minimum atomic E-state index is -1.20. The van der Waals surface area contributed by atoms with Crippen molar-refractivity contribution in [2.75, 3.05) is 12.4 Å². The summed E-state index contributed by atoms with van der Waals surface area (Å²) in [4.78, 5) is 13.7. The highest BCUT2D eigenvalue weighted by Crippen LogP contribution is 2.20. The first-order chi connectivity index (χ1) is 9.46. The fraction of sp³-hybridized carbons (Fsp3) is 0.500. The van der Waals surface area contributed by atoms with Crippen molar-refractivity contribution in [1.29, 1.82) is 0 Å². The molecule has 0 radical (unpaired) electrons. The molecule has 0 aliphatic carbocycles. The lowest BCUT2D eigenvalue weighted by atomic mass is 10.1. The number of hydrogen-bond donors (Lipinski definition) is 0. The van der Waals surface area contributed by atoms with Crippen LogP contribution in [0.2, 0.25) is 0 Å². The van der Waals surface area contributed by atoms with Gasteiger partial charge in [0.05, 0.1) is 0 Å². The predicted molar refractivity (Wildman–Crippen MR) is 72.4 cm³/mol. The molecule has 0 bridgehead atoms. The maximum Gasteiger partial charge on any atom is 0.260 e. The molecule has 6 heteroatoms. The lowest BCUT2D eigenvalue weighted by Crippen LogP contribution is -2.41. The second-order valence-electron chi connectivity index (χ2n) is 4.40. The van der Waals surface area contributed by atoms with Gasteiger partial charge in [-0.3, -0.25) is 4.79 Å². The summed E-state index contributed by atoms with van der Waals surface area (Å²) in [5.41, 5.74) is -0.733. The molecule has 1 aromatic carbocycles. The van der Waals surface area contributed by atoms with Gasteiger partial charge < -0.3 is 4.90 Å². The van der Waals surface area contributed by atoms with Gasteiger partial charge in [-0.2, -0.15) is 0 Å². The summed E-state index contributed by atoms with van der Waals surface area (Å²) in [6.45, 7) is 3.93. The van der Waals surface area contributed by atoms with Crippen molar-refractivity contribution in [2.45, 2.75) is 32.7 Å². The quantitative estimate of drug-likeness (QED) is 0.728. The lowest BCUT2D eigenvalue weighted by Gasteiger charge is -2.30. The Kier molecular flexibility index (Phi) is 6.33. The van der Waals surface area contributed by atoms with E-state index in [1.165, 1.54) is 4.90 Å². The van der Waals surface area contributed by atoms with E-state index in [1.54, 1.807) is 0 Å². The van der Waals surface area contributed by atoms with Gasteiger partial charge in [-0.05, 0) is 12.8 Å². The molecule has 0 heterocycles. The number of amides is 1. The molecule has 112 valence electrons. The first kappa shape index (κ1) is 16.8. The number of rotatable bonds is 6. The summed E-state index contributed by atoms with van der Waals surface area (Å²) in [5.74, 6) is -4.08. The fourth-order valence-corrected chi connectivity index (χ4v) is 2.34. The largest absolute Gasteiger partial charge is 0.334 e. The third-order valence-corrected chi connectivity index (χ3v) is 3.36. The number of benzene rings is 1. The molecule has 1 aromatic rings. The average Bonchev–Trinajstić information content (AvgIpc) is 2.37. The van der Waals surface area contributed by atoms with Gasteiger partial charge in [-0.1, -0.05) is 13.8 Å². The van der Waals surface area contributed by atoms with Crippen LogP contribution in [0.3, 0.4) is 0 Å². The molecule has 0 unspecified atom stereocenters. The van der Waals surface area contributed by atoms with Crippen LogP contribution in [0.15, 0.2) is 12.1 Å². The Balaban J connectivity index is 3.19. The Morgan fingerprint density at radius 2 is 1.70 bits per heavy atom. The van der Waals surface area contributed by atoms with Crippen molar-refractivity contribution in [3.63, 3.8) is 0 Å². The van der Waals surface area contributed by atoms with E-state index < -0.39 is 28.9 Å². The van der Waals surface area contributed by atoms with Gasteiger partial charge in [0.25, 0.3) is 5.91 Å². The molecule has 0 N–H and O–H groups in total. The lowest BCUT2D eigenvalue weighted by molar-refractivity contribution is 0.0671. The molecule has 0 fully saturated rings. The summed E-state index contributed by atoms with van der Waals surface area (Å²) in [6.07, 6.45) is 1.28. The van der Waals surface area contributed by atoms with Crippen LogP contribution in [0, 0.1) is 17.5 Å². The van der Waals surface area contributed by atoms with E-state index in [0.29, 0.717) is 25.0 Å². The van der Waals surface area contributed by atoms with E-state index in [-0.39, 0.29) is 18.5 Å². The smallest absolute Gasteiger partial charge is 0.260 e. The van der Waals surface area contributed by atoms with Crippen molar-refractivity contribution in [3.05, 3.63) is 35.1 Å². The molecule has 0 spiro atoms. The van der Waals surface area contributed by atoms with E-state index in [2.05, 4.69) is 0 Å². The maximum atomic E-state index is 13.7. The van der Waals surface area contributed by atoms with E-state index in [0.717, 1.165) is 0 Å². The Morgan fingerprint density at radius 3 is 2.10 bits per heavy atom. The van der Waals surface area contributed by atoms with Gasteiger partial charge in [0, 0.05) is 30.6 Å². The molecule has 1 amide bonds. The normalized spacial score (nSPS) is 10.9. The monoisotopic (exact) mass is 307 g/mol. The Hall–Kier alpha value is -1.23. The highest BCUT2D eigenvalue weighted by molar-refractivity contribution is 6.18. The molecule has 20 heavy (non-hydrogen) atoms. The Labute approximate surface area is 121 Å². The van der Waals surface area contributed by atoms with Crippen molar-refractivity contribution < 1.29 is 18.0 Å². The van der Waals surface area contributed by atoms with Crippen LogP contribution in [0.5, 0.6) is 0 Å². The standard InChI is InChI=1S/C14H17ClF3NO/c1-3-10(4-2)19(6-5-15)14(20)13-11(17)7-9(16)8-12(13)18/h7-8,10H,3-6H2,1-2H3. The van der Waals surface area contributed by atoms with Crippen LogP contribution in [-0.4, -0.2) is 29.3 Å². The number of alkyl halides is 1. The van der Waals surface area contributed by atoms with Gasteiger partial charge in [-0.25, -0.2) is 13.2 Å². The summed E-state index contributed by atoms with van der Waals surface area (Å²) in [7, 11) is 0. The van der Waals surface area contributed by atoms with Gasteiger partial charge in [-0.15, -0.1) is 11.6 Å². The minimum Gasteiger partial charge on any atom is -0.334 e. The van der Waals surface area contributed by atoms with Crippen LogP contribution in [-0.2, 0) is 0 Å². The predicted octanol–water partition coefficient (Wildman–Crippen LogP) is 3.97. The van der Waals surface area contributed by atoms with E-state index >= 15 is 0 Å². The van der Waals surface area contributed by atoms with Crippen LogP contribution in [0.25, 0.3) is 0 Å². The molecular weight excluding hydrogens is 291 g/mol.